The molecule has 0 aliphatic heterocycles. The lowest BCUT2D eigenvalue weighted by Crippen LogP contribution is -2.11. The number of aromatic amines is 2. The van der Waals surface area contributed by atoms with E-state index in [-0.39, 0.29) is 5.69 Å². The molecule has 3 rings (SSSR count). The molecule has 0 fully saturated rings. The standard InChI is InChI=1S/C7H6N4O/c12-7-10-3-1-8-5(10)6-9-2-4-11(6)7/h1-4,8-9H. The van der Waals surface area contributed by atoms with Gasteiger partial charge in [-0.05, 0) is 0 Å². The van der Waals surface area contributed by atoms with Gasteiger partial charge >= 0.3 is 5.69 Å². The predicted molar refractivity (Wildman–Crippen MR) is 43.3 cm³/mol. The molecule has 0 bridgehead atoms. The fraction of sp³-hybridized carbons (Fsp3) is 0. The minimum atomic E-state index is -0.0532. The van der Waals surface area contributed by atoms with E-state index >= 15 is 0 Å². The molecular weight excluding hydrogens is 156 g/mol. The average Bonchev–Trinajstić information content (AvgIpc) is 2.72. The van der Waals surface area contributed by atoms with Crippen molar-refractivity contribution in [3.05, 3.63) is 35.3 Å². The maximum atomic E-state index is 11.5. The van der Waals surface area contributed by atoms with Crippen LogP contribution in [-0.4, -0.2) is 18.8 Å². The van der Waals surface area contributed by atoms with Gasteiger partial charge in [-0.2, -0.15) is 0 Å². The van der Waals surface area contributed by atoms with Gasteiger partial charge in [0.05, 0.1) is 0 Å². The fourth-order valence-electron chi connectivity index (χ4n) is 1.47. The molecule has 5 heteroatoms. The van der Waals surface area contributed by atoms with Gasteiger partial charge in [-0.3, -0.25) is 0 Å². The van der Waals surface area contributed by atoms with Gasteiger partial charge in [-0.1, -0.05) is 0 Å². The van der Waals surface area contributed by atoms with Crippen molar-refractivity contribution in [2.24, 2.45) is 0 Å². The molecule has 0 amide bonds. The Bertz CT molecular complexity index is 542. The van der Waals surface area contributed by atoms with Crippen molar-refractivity contribution in [1.29, 1.82) is 0 Å². The summed E-state index contributed by atoms with van der Waals surface area (Å²) in [5.41, 5.74) is 1.54. The topological polar surface area (TPSA) is 57.5 Å². The Morgan fingerprint density at radius 1 is 1.00 bits per heavy atom. The Labute approximate surface area is 66.3 Å². The van der Waals surface area contributed by atoms with Crippen molar-refractivity contribution in [2.75, 3.05) is 0 Å². The largest absolute Gasteiger partial charge is 0.343 e. The number of hydrogen-bond donors (Lipinski definition) is 2. The maximum Gasteiger partial charge on any atom is 0.339 e. The zero-order valence-corrected chi connectivity index (χ0v) is 6.11. The van der Waals surface area contributed by atoms with E-state index in [1.807, 2.05) is 0 Å². The second-order valence-electron chi connectivity index (χ2n) is 2.64. The van der Waals surface area contributed by atoms with Crippen molar-refractivity contribution in [3.63, 3.8) is 0 Å². The zero-order valence-electron chi connectivity index (χ0n) is 6.11. The van der Waals surface area contributed by atoms with E-state index in [0.717, 1.165) is 11.3 Å². The number of nitrogens with zero attached hydrogens (tertiary/aromatic N) is 2. The van der Waals surface area contributed by atoms with Gasteiger partial charge in [0.2, 0.25) is 0 Å². The molecule has 0 unspecified atom stereocenters. The van der Waals surface area contributed by atoms with Gasteiger partial charge in [-0.25, -0.2) is 13.6 Å². The van der Waals surface area contributed by atoms with Crippen molar-refractivity contribution in [3.8, 4) is 0 Å². The third-order valence-electron chi connectivity index (χ3n) is 2.01. The third kappa shape index (κ3) is 0.449. The quantitative estimate of drug-likeness (QED) is 0.487. The van der Waals surface area contributed by atoms with E-state index in [9.17, 15) is 4.79 Å². The summed E-state index contributed by atoms with van der Waals surface area (Å²) in [6, 6.07) is 0. The van der Waals surface area contributed by atoms with Crippen LogP contribution in [-0.2, 0) is 0 Å². The zero-order chi connectivity index (χ0) is 8.13. The van der Waals surface area contributed by atoms with Crippen LogP contribution in [0.25, 0.3) is 11.3 Å². The van der Waals surface area contributed by atoms with Crippen LogP contribution in [0.4, 0.5) is 0 Å². The lowest BCUT2D eigenvalue weighted by molar-refractivity contribution is 1.01. The monoisotopic (exact) mass is 162 g/mol. The lowest BCUT2D eigenvalue weighted by atomic mass is 10.7. The van der Waals surface area contributed by atoms with Crippen molar-refractivity contribution in [1.82, 2.24) is 18.8 Å². The fourth-order valence-corrected chi connectivity index (χ4v) is 1.47. The highest BCUT2D eigenvalue weighted by atomic mass is 16.1. The smallest absolute Gasteiger partial charge is 0.339 e. The molecule has 0 saturated carbocycles. The number of aromatic nitrogens is 4. The molecule has 0 radical (unpaired) electrons. The molecule has 0 aliphatic carbocycles. The van der Waals surface area contributed by atoms with Gasteiger partial charge < -0.3 is 9.97 Å². The number of rotatable bonds is 0. The minimum Gasteiger partial charge on any atom is -0.343 e. The van der Waals surface area contributed by atoms with E-state index in [0.29, 0.717) is 0 Å². The molecule has 0 aromatic carbocycles. The number of H-pyrrole nitrogens is 2. The van der Waals surface area contributed by atoms with Crippen LogP contribution >= 0.6 is 0 Å². The molecule has 3 heterocycles. The Morgan fingerprint density at radius 2 is 1.50 bits per heavy atom. The molecule has 0 aliphatic rings. The molecule has 3 aromatic heterocycles. The summed E-state index contributed by atoms with van der Waals surface area (Å²) in [5, 5.41) is 0. The molecular formula is C7H6N4O. The van der Waals surface area contributed by atoms with Crippen LogP contribution in [0.2, 0.25) is 0 Å². The summed E-state index contributed by atoms with van der Waals surface area (Å²) in [6.45, 7) is 0. The van der Waals surface area contributed by atoms with Crippen LogP contribution in [0.15, 0.2) is 29.6 Å². The second-order valence-corrected chi connectivity index (χ2v) is 2.64. The van der Waals surface area contributed by atoms with E-state index < -0.39 is 0 Å². The molecule has 2 N–H and O–H groups in total. The second kappa shape index (κ2) is 1.63. The van der Waals surface area contributed by atoms with Gasteiger partial charge in [0.1, 0.15) is 0 Å². The van der Waals surface area contributed by atoms with Crippen molar-refractivity contribution >= 4 is 11.3 Å². The number of fused-ring (bicyclic) bond motifs is 3. The molecule has 0 spiro atoms. The highest BCUT2D eigenvalue weighted by Gasteiger charge is 2.07. The highest BCUT2D eigenvalue weighted by molar-refractivity contribution is 5.66. The van der Waals surface area contributed by atoms with E-state index in [2.05, 4.69) is 9.97 Å². The Balaban J connectivity index is 2.87. The number of nitrogens with one attached hydrogen (secondary N) is 2. The van der Waals surface area contributed by atoms with Gasteiger partial charge in [-0.15, -0.1) is 0 Å². The summed E-state index contributed by atoms with van der Waals surface area (Å²) < 4.78 is 3.12. The van der Waals surface area contributed by atoms with Crippen LogP contribution < -0.4 is 5.69 Å². The van der Waals surface area contributed by atoms with Gasteiger partial charge in [0.15, 0.2) is 11.3 Å². The van der Waals surface area contributed by atoms with Crippen molar-refractivity contribution in [2.45, 2.75) is 0 Å². The first kappa shape index (κ1) is 5.70. The van der Waals surface area contributed by atoms with Gasteiger partial charge in [0, 0.05) is 24.8 Å². The van der Waals surface area contributed by atoms with E-state index in [1.54, 1.807) is 33.6 Å². The Morgan fingerprint density at radius 3 is 2.00 bits per heavy atom. The summed E-state index contributed by atoms with van der Waals surface area (Å²) in [7, 11) is 0. The summed E-state index contributed by atoms with van der Waals surface area (Å²) in [5.74, 6) is 0. The normalized spacial score (nSPS) is 11.7. The Hall–Kier alpha value is -1.91. The molecule has 0 saturated heterocycles. The summed E-state index contributed by atoms with van der Waals surface area (Å²) >= 11 is 0. The molecule has 12 heavy (non-hydrogen) atoms. The summed E-state index contributed by atoms with van der Waals surface area (Å²) in [6.07, 6.45) is 6.88. The first-order valence-electron chi connectivity index (χ1n) is 3.61. The average molecular weight is 162 g/mol. The van der Waals surface area contributed by atoms with Crippen LogP contribution in [0.5, 0.6) is 0 Å². The number of imidazole rings is 3. The lowest BCUT2D eigenvalue weighted by Gasteiger charge is -1.76. The van der Waals surface area contributed by atoms with Crippen LogP contribution in [0.1, 0.15) is 0 Å². The molecule has 5 nitrogen and oxygen atoms in total. The van der Waals surface area contributed by atoms with Crippen LogP contribution in [0, 0.1) is 0 Å². The van der Waals surface area contributed by atoms with Crippen molar-refractivity contribution < 1.29 is 0 Å². The Kier molecular flexibility index (Phi) is 0.776. The minimum absolute atomic E-state index is 0.0532. The molecule has 3 aromatic rings. The summed E-state index contributed by atoms with van der Waals surface area (Å²) in [4.78, 5) is 17.5. The number of hydrogen-bond acceptors (Lipinski definition) is 1. The maximum absolute atomic E-state index is 11.5. The van der Waals surface area contributed by atoms with Gasteiger partial charge in [0.25, 0.3) is 0 Å². The first-order chi connectivity index (χ1) is 5.88. The highest BCUT2D eigenvalue weighted by Crippen LogP contribution is 2.04. The van der Waals surface area contributed by atoms with E-state index in [4.69, 9.17) is 0 Å². The first-order valence-corrected chi connectivity index (χ1v) is 3.61. The molecule has 60 valence electrons. The third-order valence-corrected chi connectivity index (χ3v) is 2.01. The van der Waals surface area contributed by atoms with Crippen LogP contribution in [0.3, 0.4) is 0 Å². The molecule has 0 atom stereocenters. The van der Waals surface area contributed by atoms with E-state index in [1.165, 1.54) is 0 Å². The predicted octanol–water partition coefficient (Wildman–Crippen LogP) is 0.208. The SMILES string of the molecule is O=c1n2cc[nH]c2c2[nH]ccn12.